The number of aryl methyl sites for hydroxylation is 2. The maximum absolute atomic E-state index is 12.5. The SMILES string of the molecule is CCCCOC(=O)N1CCc2c(c3cc(C)ccc3n2C=Cc2ccc(C)nc2)C1. The molecule has 0 radical (unpaired) electrons. The monoisotopic (exact) mass is 403 g/mol. The van der Waals surface area contributed by atoms with Crippen molar-refractivity contribution < 1.29 is 9.53 Å². The molecule has 3 heterocycles. The van der Waals surface area contributed by atoms with E-state index in [4.69, 9.17) is 4.74 Å². The van der Waals surface area contributed by atoms with Gasteiger partial charge in [0.25, 0.3) is 0 Å². The summed E-state index contributed by atoms with van der Waals surface area (Å²) in [5.74, 6) is 0. The molecule has 0 saturated heterocycles. The molecule has 0 spiro atoms. The third-order valence-corrected chi connectivity index (χ3v) is 5.68. The van der Waals surface area contributed by atoms with Gasteiger partial charge in [0.2, 0.25) is 0 Å². The van der Waals surface area contributed by atoms with Crippen LogP contribution in [0.1, 0.15) is 47.8 Å². The zero-order chi connectivity index (χ0) is 21.1. The van der Waals surface area contributed by atoms with E-state index in [2.05, 4.69) is 59.9 Å². The van der Waals surface area contributed by atoms with Crippen molar-refractivity contribution in [2.75, 3.05) is 13.2 Å². The van der Waals surface area contributed by atoms with Crippen LogP contribution in [0.5, 0.6) is 0 Å². The highest BCUT2D eigenvalue weighted by molar-refractivity contribution is 5.89. The molecule has 3 aromatic rings. The molecule has 0 unspecified atom stereocenters. The Morgan fingerprint density at radius 2 is 2.10 bits per heavy atom. The number of benzene rings is 1. The fraction of sp³-hybridized carbons (Fsp3) is 0.360. The first kappa shape index (κ1) is 20.2. The second kappa shape index (κ2) is 8.74. The third-order valence-electron chi connectivity index (χ3n) is 5.68. The van der Waals surface area contributed by atoms with Gasteiger partial charge < -0.3 is 14.2 Å². The van der Waals surface area contributed by atoms with Crippen molar-refractivity contribution in [1.29, 1.82) is 0 Å². The predicted octanol–water partition coefficient (Wildman–Crippen LogP) is 5.58. The Kier molecular flexibility index (Phi) is 5.88. The fourth-order valence-corrected chi connectivity index (χ4v) is 3.97. The number of carbonyl (C=O) groups excluding carboxylic acids is 1. The number of unbranched alkanes of at least 4 members (excludes halogenated alkanes) is 1. The van der Waals surface area contributed by atoms with Gasteiger partial charge >= 0.3 is 6.09 Å². The normalized spacial score (nSPS) is 13.8. The van der Waals surface area contributed by atoms with Crippen LogP contribution < -0.4 is 0 Å². The maximum atomic E-state index is 12.5. The van der Waals surface area contributed by atoms with E-state index in [1.54, 1.807) is 0 Å². The number of fused-ring (bicyclic) bond motifs is 3. The number of carbonyl (C=O) groups is 1. The molecule has 30 heavy (non-hydrogen) atoms. The van der Waals surface area contributed by atoms with E-state index in [1.165, 1.54) is 27.7 Å². The molecule has 0 aliphatic carbocycles. The van der Waals surface area contributed by atoms with E-state index in [-0.39, 0.29) is 6.09 Å². The van der Waals surface area contributed by atoms with Crippen LogP contribution in [0.25, 0.3) is 23.2 Å². The molecule has 5 nitrogen and oxygen atoms in total. The van der Waals surface area contributed by atoms with Gasteiger partial charge in [0.1, 0.15) is 0 Å². The van der Waals surface area contributed by atoms with Crippen LogP contribution in [0.15, 0.2) is 36.5 Å². The lowest BCUT2D eigenvalue weighted by Gasteiger charge is -2.27. The summed E-state index contributed by atoms with van der Waals surface area (Å²) in [5, 5.41) is 1.21. The van der Waals surface area contributed by atoms with Gasteiger partial charge in [0, 0.05) is 47.7 Å². The number of pyridine rings is 1. The molecule has 0 fully saturated rings. The summed E-state index contributed by atoms with van der Waals surface area (Å²) in [6.07, 6.45) is 8.64. The summed E-state index contributed by atoms with van der Waals surface area (Å²) < 4.78 is 7.72. The Labute approximate surface area is 178 Å². The molecular formula is C25H29N3O2. The first-order valence-electron chi connectivity index (χ1n) is 10.7. The topological polar surface area (TPSA) is 47.4 Å². The Morgan fingerprint density at radius 3 is 2.87 bits per heavy atom. The zero-order valence-electron chi connectivity index (χ0n) is 18.0. The van der Waals surface area contributed by atoms with Crippen molar-refractivity contribution in [3.63, 3.8) is 0 Å². The third kappa shape index (κ3) is 4.11. The van der Waals surface area contributed by atoms with Gasteiger partial charge in [-0.15, -0.1) is 0 Å². The van der Waals surface area contributed by atoms with Gasteiger partial charge in [-0.2, -0.15) is 0 Å². The van der Waals surface area contributed by atoms with Crippen molar-refractivity contribution in [1.82, 2.24) is 14.5 Å². The Hall–Kier alpha value is -3.08. The highest BCUT2D eigenvalue weighted by atomic mass is 16.6. The number of ether oxygens (including phenoxy) is 1. The number of hydrogen-bond donors (Lipinski definition) is 0. The average molecular weight is 404 g/mol. The van der Waals surface area contributed by atoms with E-state index >= 15 is 0 Å². The van der Waals surface area contributed by atoms with Crippen LogP contribution in [0.4, 0.5) is 4.79 Å². The van der Waals surface area contributed by atoms with E-state index in [9.17, 15) is 4.79 Å². The van der Waals surface area contributed by atoms with E-state index in [0.717, 1.165) is 30.5 Å². The number of rotatable bonds is 5. The van der Waals surface area contributed by atoms with Gasteiger partial charge in [0.15, 0.2) is 0 Å². The minimum absolute atomic E-state index is 0.205. The maximum Gasteiger partial charge on any atom is 0.410 e. The van der Waals surface area contributed by atoms with Crippen LogP contribution in [0, 0.1) is 13.8 Å². The van der Waals surface area contributed by atoms with Crippen molar-refractivity contribution in [2.24, 2.45) is 0 Å². The summed E-state index contributed by atoms with van der Waals surface area (Å²) in [7, 11) is 0. The van der Waals surface area contributed by atoms with Gasteiger partial charge in [0.05, 0.1) is 18.7 Å². The van der Waals surface area contributed by atoms with Crippen LogP contribution >= 0.6 is 0 Å². The summed E-state index contributed by atoms with van der Waals surface area (Å²) in [4.78, 5) is 18.7. The van der Waals surface area contributed by atoms with Crippen LogP contribution in [-0.2, 0) is 17.7 Å². The van der Waals surface area contributed by atoms with Crippen molar-refractivity contribution in [3.05, 3.63) is 64.6 Å². The van der Waals surface area contributed by atoms with Crippen LogP contribution in [-0.4, -0.2) is 33.7 Å². The molecule has 156 valence electrons. The molecule has 1 aliphatic rings. The summed E-state index contributed by atoms with van der Waals surface area (Å²) in [6, 6.07) is 10.6. The first-order valence-corrected chi connectivity index (χ1v) is 10.7. The molecule has 5 heteroatoms. The fourth-order valence-electron chi connectivity index (χ4n) is 3.97. The molecule has 1 aliphatic heterocycles. The van der Waals surface area contributed by atoms with Gasteiger partial charge in [-0.1, -0.05) is 31.0 Å². The second-order valence-electron chi connectivity index (χ2n) is 8.00. The van der Waals surface area contributed by atoms with Crippen LogP contribution in [0.2, 0.25) is 0 Å². The molecule has 0 bridgehead atoms. The average Bonchev–Trinajstić information content (AvgIpc) is 3.05. The standard InChI is InChI=1S/C25H29N3O2/c1-4-5-14-30-25(29)27-12-11-24-22(17-27)21-15-18(2)6-9-23(21)28(24)13-10-20-8-7-19(3)26-16-20/h6-10,13,15-16H,4-5,11-12,14,17H2,1-3H3. The van der Waals surface area contributed by atoms with E-state index < -0.39 is 0 Å². The second-order valence-corrected chi connectivity index (χ2v) is 8.00. The molecule has 0 N–H and O–H groups in total. The molecule has 0 atom stereocenters. The number of nitrogens with zero attached hydrogens (tertiary/aromatic N) is 3. The first-order chi connectivity index (χ1) is 14.6. The number of hydrogen-bond acceptors (Lipinski definition) is 3. The van der Waals surface area contributed by atoms with Gasteiger partial charge in [-0.05, 0) is 50.1 Å². The molecular weight excluding hydrogens is 374 g/mol. The zero-order valence-corrected chi connectivity index (χ0v) is 18.0. The van der Waals surface area contributed by atoms with Crippen LogP contribution in [0.3, 0.4) is 0 Å². The summed E-state index contributed by atoms with van der Waals surface area (Å²) >= 11 is 0. The lowest BCUT2D eigenvalue weighted by Crippen LogP contribution is -2.36. The quantitative estimate of drug-likeness (QED) is 0.523. The Morgan fingerprint density at radius 1 is 1.23 bits per heavy atom. The Balaban J connectivity index is 1.67. The van der Waals surface area contributed by atoms with E-state index in [1.807, 2.05) is 24.1 Å². The number of amides is 1. The largest absolute Gasteiger partial charge is 0.449 e. The predicted molar refractivity (Wildman–Crippen MR) is 121 cm³/mol. The summed E-state index contributed by atoms with van der Waals surface area (Å²) in [6.45, 7) is 7.95. The molecule has 1 aromatic carbocycles. The van der Waals surface area contributed by atoms with Gasteiger partial charge in [-0.3, -0.25) is 4.98 Å². The van der Waals surface area contributed by atoms with Crippen molar-refractivity contribution >= 4 is 29.3 Å². The lowest BCUT2D eigenvalue weighted by molar-refractivity contribution is 0.0966. The summed E-state index contributed by atoms with van der Waals surface area (Å²) in [5.41, 5.74) is 6.96. The molecule has 2 aromatic heterocycles. The minimum atomic E-state index is -0.205. The van der Waals surface area contributed by atoms with Crippen molar-refractivity contribution in [3.8, 4) is 0 Å². The Bertz CT molecular complexity index is 1080. The lowest BCUT2D eigenvalue weighted by atomic mass is 10.0. The highest BCUT2D eigenvalue weighted by Gasteiger charge is 2.27. The smallest absolute Gasteiger partial charge is 0.410 e. The number of aromatic nitrogens is 2. The molecule has 1 amide bonds. The highest BCUT2D eigenvalue weighted by Crippen LogP contribution is 2.32. The minimum Gasteiger partial charge on any atom is -0.449 e. The van der Waals surface area contributed by atoms with Gasteiger partial charge in [-0.25, -0.2) is 4.79 Å². The molecule has 4 rings (SSSR count). The van der Waals surface area contributed by atoms with Crippen molar-refractivity contribution in [2.45, 2.75) is 46.6 Å². The van der Waals surface area contributed by atoms with E-state index in [0.29, 0.717) is 19.7 Å². The molecule has 0 saturated carbocycles.